The molecule has 0 saturated heterocycles. The van der Waals surface area contributed by atoms with Crippen molar-refractivity contribution in [3.05, 3.63) is 42.0 Å². The molecule has 1 aliphatic heterocycles. The third-order valence-corrected chi connectivity index (χ3v) is 3.52. The first kappa shape index (κ1) is 9.46. The lowest BCUT2D eigenvalue weighted by Crippen LogP contribution is -2.46. The molecule has 2 aliphatic rings. The van der Waals surface area contributed by atoms with Gasteiger partial charge in [-0.1, -0.05) is 30.4 Å². The van der Waals surface area contributed by atoms with Crippen LogP contribution in [0.1, 0.15) is 18.4 Å². The second-order valence-corrected chi connectivity index (χ2v) is 4.29. The van der Waals surface area contributed by atoms with Crippen molar-refractivity contribution in [3.63, 3.8) is 0 Å². The van der Waals surface area contributed by atoms with Gasteiger partial charge in [0.15, 0.2) is 0 Å². The lowest BCUT2D eigenvalue weighted by molar-refractivity contribution is -0.146. The number of hydrogen-bond acceptors (Lipinski definition) is 2. The highest BCUT2D eigenvalue weighted by atomic mass is 16.5. The van der Waals surface area contributed by atoms with Crippen LogP contribution in [0, 0.1) is 0 Å². The summed E-state index contributed by atoms with van der Waals surface area (Å²) in [7, 11) is 0. The number of allylic oxidation sites excluding steroid dienone is 1. The molecule has 0 amide bonds. The zero-order valence-electron chi connectivity index (χ0n) is 8.72. The number of carboxylic acid groups (broad SMARTS) is 1. The predicted molar refractivity (Wildman–Crippen MR) is 58.5 cm³/mol. The molecule has 3 nitrogen and oxygen atoms in total. The highest BCUT2D eigenvalue weighted by Crippen LogP contribution is 2.48. The van der Waals surface area contributed by atoms with E-state index in [0.29, 0.717) is 12.8 Å². The molecule has 1 aromatic rings. The molecule has 0 aromatic heterocycles. The van der Waals surface area contributed by atoms with E-state index in [1.165, 1.54) is 0 Å². The topological polar surface area (TPSA) is 46.5 Å². The zero-order chi connectivity index (χ0) is 11.2. The van der Waals surface area contributed by atoms with Crippen LogP contribution in [-0.2, 0) is 10.2 Å². The van der Waals surface area contributed by atoms with Gasteiger partial charge in [-0.25, -0.2) is 0 Å². The van der Waals surface area contributed by atoms with Crippen molar-refractivity contribution in [2.75, 3.05) is 0 Å². The molecule has 0 radical (unpaired) electrons. The minimum atomic E-state index is -0.870. The molecule has 2 unspecified atom stereocenters. The SMILES string of the molecule is O=C(O)C12CC=CCC1Oc1ccccc12. The van der Waals surface area contributed by atoms with Crippen molar-refractivity contribution >= 4 is 5.97 Å². The average Bonchev–Trinajstić information content (AvgIpc) is 2.64. The molecule has 1 aromatic carbocycles. The van der Waals surface area contributed by atoms with Crippen LogP contribution >= 0.6 is 0 Å². The summed E-state index contributed by atoms with van der Waals surface area (Å²) in [4.78, 5) is 11.6. The van der Waals surface area contributed by atoms with Crippen LogP contribution in [0.4, 0.5) is 0 Å². The van der Waals surface area contributed by atoms with E-state index in [4.69, 9.17) is 4.74 Å². The minimum absolute atomic E-state index is 0.257. The fourth-order valence-corrected chi connectivity index (χ4v) is 2.69. The summed E-state index contributed by atoms with van der Waals surface area (Å²) < 4.78 is 5.74. The van der Waals surface area contributed by atoms with Crippen molar-refractivity contribution in [1.82, 2.24) is 0 Å². The smallest absolute Gasteiger partial charge is 0.318 e. The summed E-state index contributed by atoms with van der Waals surface area (Å²) in [5.41, 5.74) is -0.0532. The van der Waals surface area contributed by atoms with Crippen LogP contribution in [0.25, 0.3) is 0 Å². The highest BCUT2D eigenvalue weighted by molar-refractivity contribution is 5.85. The van der Waals surface area contributed by atoms with Gasteiger partial charge >= 0.3 is 5.97 Å². The van der Waals surface area contributed by atoms with E-state index in [1.54, 1.807) is 0 Å². The number of ether oxygens (including phenoxy) is 1. The Balaban J connectivity index is 2.21. The number of para-hydroxylation sites is 1. The molecule has 0 saturated carbocycles. The second kappa shape index (κ2) is 3.11. The first-order valence-electron chi connectivity index (χ1n) is 5.40. The van der Waals surface area contributed by atoms with E-state index in [2.05, 4.69) is 0 Å². The van der Waals surface area contributed by atoms with E-state index >= 15 is 0 Å². The van der Waals surface area contributed by atoms with Gasteiger partial charge in [0.25, 0.3) is 0 Å². The Hall–Kier alpha value is -1.77. The molecule has 0 spiro atoms. The van der Waals surface area contributed by atoms with Crippen molar-refractivity contribution in [3.8, 4) is 5.75 Å². The Morgan fingerprint density at radius 2 is 2.19 bits per heavy atom. The van der Waals surface area contributed by atoms with Crippen LogP contribution in [0.5, 0.6) is 5.75 Å². The fraction of sp³-hybridized carbons (Fsp3) is 0.308. The van der Waals surface area contributed by atoms with Crippen molar-refractivity contribution in [2.24, 2.45) is 0 Å². The van der Waals surface area contributed by atoms with Gasteiger partial charge in [0.2, 0.25) is 0 Å². The molecule has 3 heteroatoms. The van der Waals surface area contributed by atoms with Gasteiger partial charge in [0, 0.05) is 12.0 Å². The van der Waals surface area contributed by atoms with Crippen LogP contribution in [0.2, 0.25) is 0 Å². The molecule has 1 aliphatic carbocycles. The zero-order valence-corrected chi connectivity index (χ0v) is 8.72. The number of carboxylic acids is 1. The van der Waals surface area contributed by atoms with Gasteiger partial charge in [-0.15, -0.1) is 0 Å². The molecule has 0 bridgehead atoms. The maximum Gasteiger partial charge on any atom is 0.318 e. The van der Waals surface area contributed by atoms with E-state index in [9.17, 15) is 9.90 Å². The molecule has 1 heterocycles. The molecular weight excluding hydrogens is 204 g/mol. The average molecular weight is 216 g/mol. The largest absolute Gasteiger partial charge is 0.488 e. The summed E-state index contributed by atoms with van der Waals surface area (Å²) in [6.07, 6.45) is 4.87. The fourth-order valence-electron chi connectivity index (χ4n) is 2.69. The quantitative estimate of drug-likeness (QED) is 0.731. The number of rotatable bonds is 1. The third kappa shape index (κ3) is 1.00. The Kier molecular flexibility index (Phi) is 1.84. The molecule has 16 heavy (non-hydrogen) atoms. The van der Waals surface area contributed by atoms with E-state index < -0.39 is 11.4 Å². The summed E-state index contributed by atoms with van der Waals surface area (Å²) in [5, 5.41) is 9.53. The van der Waals surface area contributed by atoms with Gasteiger partial charge in [-0.2, -0.15) is 0 Å². The van der Waals surface area contributed by atoms with Crippen molar-refractivity contribution in [2.45, 2.75) is 24.4 Å². The third-order valence-electron chi connectivity index (χ3n) is 3.52. The molecule has 1 N–H and O–H groups in total. The summed E-state index contributed by atoms with van der Waals surface area (Å²) in [6.45, 7) is 0. The number of benzene rings is 1. The monoisotopic (exact) mass is 216 g/mol. The second-order valence-electron chi connectivity index (χ2n) is 4.29. The van der Waals surface area contributed by atoms with Crippen LogP contribution in [0.15, 0.2) is 36.4 Å². The molecule has 3 rings (SSSR count). The van der Waals surface area contributed by atoms with E-state index in [-0.39, 0.29) is 6.10 Å². The maximum atomic E-state index is 11.6. The molecule has 82 valence electrons. The Bertz CT molecular complexity index is 478. The van der Waals surface area contributed by atoms with Crippen molar-refractivity contribution in [1.29, 1.82) is 0 Å². The molecule has 0 fully saturated rings. The number of carbonyl (C=O) groups is 1. The molecule has 2 atom stereocenters. The Labute approximate surface area is 93.4 Å². The number of fused-ring (bicyclic) bond motifs is 3. The van der Waals surface area contributed by atoms with Crippen LogP contribution in [0.3, 0.4) is 0 Å². The lowest BCUT2D eigenvalue weighted by Gasteiger charge is -2.31. The maximum absolute atomic E-state index is 11.6. The van der Waals surface area contributed by atoms with Gasteiger partial charge in [-0.05, 0) is 12.5 Å². The van der Waals surface area contributed by atoms with Crippen LogP contribution in [-0.4, -0.2) is 17.2 Å². The van der Waals surface area contributed by atoms with Gasteiger partial charge < -0.3 is 9.84 Å². The van der Waals surface area contributed by atoms with E-state index in [0.717, 1.165) is 11.3 Å². The number of aliphatic carboxylic acids is 1. The highest BCUT2D eigenvalue weighted by Gasteiger charge is 2.54. The van der Waals surface area contributed by atoms with Gasteiger partial charge in [0.1, 0.15) is 17.3 Å². The molecular formula is C13H12O3. The number of hydrogen-bond donors (Lipinski definition) is 1. The first-order valence-corrected chi connectivity index (χ1v) is 5.40. The predicted octanol–water partition coefficient (Wildman–Crippen LogP) is 2.12. The Morgan fingerprint density at radius 1 is 1.38 bits per heavy atom. The lowest BCUT2D eigenvalue weighted by atomic mass is 9.71. The van der Waals surface area contributed by atoms with Gasteiger partial charge in [-0.3, -0.25) is 4.79 Å². The van der Waals surface area contributed by atoms with Crippen LogP contribution < -0.4 is 4.74 Å². The normalized spacial score (nSPS) is 30.4. The summed E-state index contributed by atoms with van der Waals surface area (Å²) >= 11 is 0. The van der Waals surface area contributed by atoms with Crippen molar-refractivity contribution < 1.29 is 14.6 Å². The van der Waals surface area contributed by atoms with Gasteiger partial charge in [0.05, 0.1) is 0 Å². The summed E-state index contributed by atoms with van der Waals surface area (Å²) in [6, 6.07) is 7.45. The summed E-state index contributed by atoms with van der Waals surface area (Å²) in [5.74, 6) is -0.0644. The first-order chi connectivity index (χ1) is 7.75. The Morgan fingerprint density at radius 3 is 3.00 bits per heavy atom. The standard InChI is InChI=1S/C13H12O3/c14-12(15)13-8-4-3-7-11(13)16-10-6-2-1-5-9(10)13/h1-6,11H,7-8H2,(H,14,15). The van der Waals surface area contributed by atoms with E-state index in [1.807, 2.05) is 36.4 Å². The minimum Gasteiger partial charge on any atom is -0.488 e.